The number of piperazine rings is 1. The van der Waals surface area contributed by atoms with Crippen LogP contribution in [0.5, 0.6) is 0 Å². The maximum Gasteiger partial charge on any atom is 0.321 e. The highest BCUT2D eigenvalue weighted by atomic mass is 16.2. The van der Waals surface area contributed by atoms with Crippen LogP contribution in [0.2, 0.25) is 0 Å². The van der Waals surface area contributed by atoms with Gasteiger partial charge < -0.3 is 10.6 Å². The lowest BCUT2D eigenvalue weighted by Gasteiger charge is -2.39. The molecule has 0 aromatic carbocycles. The van der Waals surface area contributed by atoms with Gasteiger partial charge in [0.1, 0.15) is 0 Å². The standard InChI is InChI=1S/C15H30N4O2/c1-6-11-9-19(12(7-2)8-16-11)10-13(20)17-14(21)18-15(3,4)5/h11-12,16H,6-10H2,1-5H3,(H2,17,18,20,21). The molecule has 1 fully saturated rings. The maximum atomic E-state index is 12.0. The van der Waals surface area contributed by atoms with Crippen molar-refractivity contribution in [2.45, 2.75) is 65.1 Å². The Balaban J connectivity index is 2.49. The van der Waals surface area contributed by atoms with Crippen molar-refractivity contribution in [1.82, 2.24) is 20.9 Å². The van der Waals surface area contributed by atoms with Gasteiger partial charge in [0.15, 0.2) is 0 Å². The summed E-state index contributed by atoms with van der Waals surface area (Å²) in [6, 6.07) is 0.343. The number of nitrogens with zero attached hydrogens (tertiary/aromatic N) is 1. The Labute approximate surface area is 128 Å². The number of rotatable bonds is 4. The lowest BCUT2D eigenvalue weighted by Crippen LogP contribution is -2.59. The Morgan fingerprint density at radius 1 is 1.24 bits per heavy atom. The molecule has 6 nitrogen and oxygen atoms in total. The second-order valence-corrected chi connectivity index (χ2v) is 6.76. The Bertz CT molecular complexity index is 365. The van der Waals surface area contributed by atoms with Crippen LogP contribution in [0.3, 0.4) is 0 Å². The summed E-state index contributed by atoms with van der Waals surface area (Å²) in [5, 5.41) is 8.63. The fourth-order valence-corrected chi connectivity index (χ4v) is 2.52. The van der Waals surface area contributed by atoms with Crippen molar-refractivity contribution >= 4 is 11.9 Å². The monoisotopic (exact) mass is 298 g/mol. The van der Waals surface area contributed by atoms with Crippen molar-refractivity contribution in [3.05, 3.63) is 0 Å². The average molecular weight is 298 g/mol. The second kappa shape index (κ2) is 7.75. The van der Waals surface area contributed by atoms with Gasteiger partial charge in [-0.15, -0.1) is 0 Å². The van der Waals surface area contributed by atoms with E-state index in [0.717, 1.165) is 25.9 Å². The first-order chi connectivity index (χ1) is 9.75. The van der Waals surface area contributed by atoms with E-state index in [4.69, 9.17) is 0 Å². The number of nitrogens with one attached hydrogen (secondary N) is 3. The minimum atomic E-state index is -0.428. The molecule has 2 unspecified atom stereocenters. The van der Waals surface area contributed by atoms with E-state index in [1.54, 1.807) is 0 Å². The fourth-order valence-electron chi connectivity index (χ4n) is 2.52. The number of urea groups is 1. The number of amides is 3. The number of carbonyl (C=O) groups excluding carboxylic acids is 2. The molecule has 0 bridgehead atoms. The van der Waals surface area contributed by atoms with Crippen molar-refractivity contribution in [1.29, 1.82) is 0 Å². The first-order valence-electron chi connectivity index (χ1n) is 7.84. The van der Waals surface area contributed by atoms with Crippen LogP contribution in [0.4, 0.5) is 4.79 Å². The molecule has 2 atom stereocenters. The molecule has 1 saturated heterocycles. The van der Waals surface area contributed by atoms with Crippen LogP contribution in [0.1, 0.15) is 47.5 Å². The highest BCUT2D eigenvalue weighted by Gasteiger charge is 2.27. The molecule has 1 aliphatic heterocycles. The summed E-state index contributed by atoms with van der Waals surface area (Å²) in [6.07, 6.45) is 2.03. The number of carbonyl (C=O) groups is 2. The van der Waals surface area contributed by atoms with E-state index in [9.17, 15) is 9.59 Å². The van der Waals surface area contributed by atoms with Crippen molar-refractivity contribution in [3.63, 3.8) is 0 Å². The van der Waals surface area contributed by atoms with Crippen LogP contribution in [0.15, 0.2) is 0 Å². The minimum Gasteiger partial charge on any atom is -0.333 e. The van der Waals surface area contributed by atoms with Crippen molar-refractivity contribution < 1.29 is 9.59 Å². The largest absolute Gasteiger partial charge is 0.333 e. The highest BCUT2D eigenvalue weighted by Crippen LogP contribution is 2.11. The van der Waals surface area contributed by atoms with Crippen LogP contribution >= 0.6 is 0 Å². The zero-order valence-electron chi connectivity index (χ0n) is 14.0. The SMILES string of the molecule is CCC1CN(CC(=O)NC(=O)NC(C)(C)C)C(CC)CN1. The van der Waals surface area contributed by atoms with Crippen LogP contribution in [-0.4, -0.2) is 54.1 Å². The quantitative estimate of drug-likeness (QED) is 0.726. The predicted octanol–water partition coefficient (Wildman–Crippen LogP) is 1.07. The van der Waals surface area contributed by atoms with Crippen LogP contribution < -0.4 is 16.0 Å². The summed E-state index contributed by atoms with van der Waals surface area (Å²) in [6.45, 7) is 11.9. The minimum absolute atomic E-state index is 0.244. The third kappa shape index (κ3) is 6.44. The van der Waals surface area contributed by atoms with Gasteiger partial charge in [-0.1, -0.05) is 13.8 Å². The molecule has 1 aliphatic rings. The molecule has 3 N–H and O–H groups in total. The van der Waals surface area contributed by atoms with E-state index in [2.05, 4.69) is 34.7 Å². The van der Waals surface area contributed by atoms with E-state index in [1.165, 1.54) is 0 Å². The molecule has 1 heterocycles. The van der Waals surface area contributed by atoms with Gasteiger partial charge in [0.25, 0.3) is 0 Å². The van der Waals surface area contributed by atoms with E-state index >= 15 is 0 Å². The molecule has 0 aromatic rings. The highest BCUT2D eigenvalue weighted by molar-refractivity contribution is 5.95. The number of imide groups is 1. The van der Waals surface area contributed by atoms with Gasteiger partial charge in [0.2, 0.25) is 5.91 Å². The fraction of sp³-hybridized carbons (Fsp3) is 0.867. The molecule has 0 spiro atoms. The van der Waals surface area contributed by atoms with Crippen LogP contribution in [0.25, 0.3) is 0 Å². The molecule has 6 heteroatoms. The zero-order chi connectivity index (χ0) is 16.0. The lowest BCUT2D eigenvalue weighted by molar-refractivity contribution is -0.122. The van der Waals surface area contributed by atoms with Gasteiger partial charge in [-0.3, -0.25) is 15.0 Å². The molecule has 0 aromatic heterocycles. The van der Waals surface area contributed by atoms with Gasteiger partial charge in [0.05, 0.1) is 6.54 Å². The molecule has 3 amide bonds. The third-order valence-corrected chi connectivity index (χ3v) is 3.67. The van der Waals surface area contributed by atoms with Crippen LogP contribution in [0, 0.1) is 0 Å². The van der Waals surface area contributed by atoms with E-state index in [0.29, 0.717) is 12.1 Å². The summed E-state index contributed by atoms with van der Waals surface area (Å²) < 4.78 is 0. The Morgan fingerprint density at radius 2 is 1.90 bits per heavy atom. The van der Waals surface area contributed by atoms with E-state index in [-0.39, 0.29) is 18.0 Å². The second-order valence-electron chi connectivity index (χ2n) is 6.76. The topological polar surface area (TPSA) is 73.5 Å². The van der Waals surface area contributed by atoms with E-state index < -0.39 is 6.03 Å². The normalized spacial score (nSPS) is 23.7. The maximum absolute atomic E-state index is 12.0. The molecule has 122 valence electrons. The summed E-state index contributed by atoms with van der Waals surface area (Å²) in [5.74, 6) is -0.244. The first kappa shape index (κ1) is 17.9. The Hall–Kier alpha value is -1.14. The van der Waals surface area contributed by atoms with Crippen LogP contribution in [-0.2, 0) is 4.79 Å². The smallest absolute Gasteiger partial charge is 0.321 e. The van der Waals surface area contributed by atoms with Crippen molar-refractivity contribution in [2.24, 2.45) is 0 Å². The molecular weight excluding hydrogens is 268 g/mol. The summed E-state index contributed by atoms with van der Waals surface area (Å²) in [5.41, 5.74) is -0.349. The van der Waals surface area contributed by atoms with Gasteiger partial charge in [-0.2, -0.15) is 0 Å². The van der Waals surface area contributed by atoms with Gasteiger partial charge in [0, 0.05) is 30.7 Å². The zero-order valence-corrected chi connectivity index (χ0v) is 14.0. The molecule has 1 rings (SSSR count). The lowest BCUT2D eigenvalue weighted by atomic mass is 10.1. The number of hydrogen-bond acceptors (Lipinski definition) is 4. The number of hydrogen-bond donors (Lipinski definition) is 3. The molecule has 0 aliphatic carbocycles. The van der Waals surface area contributed by atoms with Gasteiger partial charge in [-0.05, 0) is 33.6 Å². The third-order valence-electron chi connectivity index (χ3n) is 3.67. The van der Waals surface area contributed by atoms with E-state index in [1.807, 2.05) is 20.8 Å². The molecular formula is C15H30N4O2. The summed E-state index contributed by atoms with van der Waals surface area (Å²) in [4.78, 5) is 25.9. The first-order valence-corrected chi connectivity index (χ1v) is 7.84. The Kier molecular flexibility index (Phi) is 6.61. The summed E-state index contributed by atoms with van der Waals surface area (Å²) >= 11 is 0. The molecule has 0 saturated carbocycles. The van der Waals surface area contributed by atoms with Crippen molar-refractivity contribution in [3.8, 4) is 0 Å². The molecule has 0 radical (unpaired) electrons. The average Bonchev–Trinajstić information content (AvgIpc) is 2.35. The van der Waals surface area contributed by atoms with Gasteiger partial charge in [-0.25, -0.2) is 4.79 Å². The Morgan fingerprint density at radius 3 is 2.43 bits per heavy atom. The van der Waals surface area contributed by atoms with Gasteiger partial charge >= 0.3 is 6.03 Å². The predicted molar refractivity (Wildman–Crippen MR) is 84.2 cm³/mol. The molecule has 21 heavy (non-hydrogen) atoms. The van der Waals surface area contributed by atoms with Crippen molar-refractivity contribution in [2.75, 3.05) is 19.6 Å². The summed E-state index contributed by atoms with van der Waals surface area (Å²) in [7, 11) is 0.